The Kier molecular flexibility index (Phi) is 3.51. The summed E-state index contributed by atoms with van der Waals surface area (Å²) in [5, 5.41) is 3.01. The van der Waals surface area contributed by atoms with Gasteiger partial charge in [-0.1, -0.05) is 0 Å². The standard InChI is InChI=1S/C15H21N3O/c19-14-15(5-9-17-14)4-1-10-18(11-6-15)12-13-2-7-16-8-3-13/h2-3,7-8H,1,4-6,9-12H2,(H,17,19)/t15-/m0/s1. The van der Waals surface area contributed by atoms with Crippen molar-refractivity contribution in [2.45, 2.75) is 32.2 Å². The Hall–Kier alpha value is -1.42. The number of nitrogens with zero attached hydrogens (tertiary/aromatic N) is 2. The van der Waals surface area contributed by atoms with E-state index in [0.717, 1.165) is 51.9 Å². The van der Waals surface area contributed by atoms with Crippen molar-refractivity contribution in [2.24, 2.45) is 5.41 Å². The van der Waals surface area contributed by atoms with E-state index in [-0.39, 0.29) is 5.41 Å². The molecule has 2 aliphatic heterocycles. The Labute approximate surface area is 114 Å². The summed E-state index contributed by atoms with van der Waals surface area (Å²) in [5.41, 5.74) is 1.24. The lowest BCUT2D eigenvalue weighted by Gasteiger charge is -2.24. The van der Waals surface area contributed by atoms with Crippen LogP contribution in [0.25, 0.3) is 0 Å². The van der Waals surface area contributed by atoms with Crippen molar-refractivity contribution in [1.29, 1.82) is 0 Å². The number of aromatic nitrogens is 1. The molecule has 1 atom stereocenters. The van der Waals surface area contributed by atoms with Crippen molar-refractivity contribution in [3.8, 4) is 0 Å². The minimum atomic E-state index is -0.0625. The average molecular weight is 259 g/mol. The normalized spacial score (nSPS) is 28.3. The van der Waals surface area contributed by atoms with E-state index in [1.807, 2.05) is 12.4 Å². The number of carbonyl (C=O) groups is 1. The summed E-state index contributed by atoms with van der Waals surface area (Å²) in [6.45, 7) is 3.95. The molecule has 4 nitrogen and oxygen atoms in total. The Morgan fingerprint density at radius 2 is 2.05 bits per heavy atom. The first-order valence-corrected chi connectivity index (χ1v) is 7.18. The molecule has 19 heavy (non-hydrogen) atoms. The third-order valence-electron chi connectivity index (χ3n) is 4.56. The van der Waals surface area contributed by atoms with Gasteiger partial charge in [0.05, 0.1) is 5.41 Å². The van der Waals surface area contributed by atoms with Gasteiger partial charge in [-0.05, 0) is 56.5 Å². The van der Waals surface area contributed by atoms with Crippen molar-refractivity contribution in [2.75, 3.05) is 19.6 Å². The molecule has 3 heterocycles. The van der Waals surface area contributed by atoms with Crippen LogP contribution in [-0.2, 0) is 11.3 Å². The molecule has 2 saturated heterocycles. The minimum Gasteiger partial charge on any atom is -0.356 e. The highest BCUT2D eigenvalue weighted by molar-refractivity contribution is 5.84. The number of hydrogen-bond acceptors (Lipinski definition) is 3. The van der Waals surface area contributed by atoms with Gasteiger partial charge in [-0.2, -0.15) is 0 Å². The van der Waals surface area contributed by atoms with E-state index in [1.54, 1.807) is 0 Å². The van der Waals surface area contributed by atoms with Gasteiger partial charge in [0.2, 0.25) is 5.91 Å². The zero-order valence-electron chi connectivity index (χ0n) is 11.3. The SMILES string of the molecule is O=C1NCC[C@]12CCCN(Cc1ccncc1)CC2. The predicted octanol–water partition coefficient (Wildman–Crippen LogP) is 1.57. The third kappa shape index (κ3) is 2.63. The van der Waals surface area contributed by atoms with Gasteiger partial charge in [-0.25, -0.2) is 0 Å². The summed E-state index contributed by atoms with van der Waals surface area (Å²) >= 11 is 0. The van der Waals surface area contributed by atoms with Gasteiger partial charge >= 0.3 is 0 Å². The number of carbonyl (C=O) groups excluding carboxylic acids is 1. The number of pyridine rings is 1. The van der Waals surface area contributed by atoms with E-state index >= 15 is 0 Å². The molecule has 1 spiro atoms. The van der Waals surface area contributed by atoms with Crippen LogP contribution >= 0.6 is 0 Å². The van der Waals surface area contributed by atoms with Gasteiger partial charge in [0.1, 0.15) is 0 Å². The third-order valence-corrected chi connectivity index (χ3v) is 4.56. The van der Waals surface area contributed by atoms with Crippen molar-refractivity contribution in [3.63, 3.8) is 0 Å². The monoisotopic (exact) mass is 259 g/mol. The molecule has 1 N–H and O–H groups in total. The minimum absolute atomic E-state index is 0.0625. The van der Waals surface area contributed by atoms with Crippen LogP contribution in [0.2, 0.25) is 0 Å². The van der Waals surface area contributed by atoms with Crippen LogP contribution in [0.1, 0.15) is 31.2 Å². The molecule has 0 saturated carbocycles. The molecular formula is C15H21N3O. The molecule has 2 aliphatic rings. The lowest BCUT2D eigenvalue weighted by molar-refractivity contribution is -0.128. The summed E-state index contributed by atoms with van der Waals surface area (Å²) in [5.74, 6) is 0.290. The maximum absolute atomic E-state index is 12.0. The average Bonchev–Trinajstić information content (AvgIpc) is 2.66. The van der Waals surface area contributed by atoms with Crippen molar-refractivity contribution >= 4 is 5.91 Å². The fraction of sp³-hybridized carbons (Fsp3) is 0.600. The smallest absolute Gasteiger partial charge is 0.226 e. The van der Waals surface area contributed by atoms with Crippen LogP contribution in [0.15, 0.2) is 24.5 Å². The first-order valence-electron chi connectivity index (χ1n) is 7.18. The number of hydrogen-bond donors (Lipinski definition) is 1. The molecule has 0 aromatic carbocycles. The maximum Gasteiger partial charge on any atom is 0.226 e. The van der Waals surface area contributed by atoms with Gasteiger partial charge < -0.3 is 5.32 Å². The maximum atomic E-state index is 12.0. The zero-order valence-corrected chi connectivity index (χ0v) is 11.3. The fourth-order valence-electron chi connectivity index (χ4n) is 3.35. The lowest BCUT2D eigenvalue weighted by atomic mass is 9.79. The quantitative estimate of drug-likeness (QED) is 0.877. The molecule has 102 valence electrons. The van der Waals surface area contributed by atoms with Gasteiger partial charge in [0.15, 0.2) is 0 Å². The molecule has 4 heteroatoms. The highest BCUT2D eigenvalue weighted by Gasteiger charge is 2.42. The van der Waals surface area contributed by atoms with Crippen LogP contribution in [0.5, 0.6) is 0 Å². The van der Waals surface area contributed by atoms with Crippen molar-refractivity contribution in [1.82, 2.24) is 15.2 Å². The molecule has 1 aromatic heterocycles. The Morgan fingerprint density at radius 3 is 2.79 bits per heavy atom. The summed E-state index contributed by atoms with van der Waals surface area (Å²) in [6, 6.07) is 4.14. The second kappa shape index (κ2) is 5.29. The van der Waals surface area contributed by atoms with Crippen LogP contribution in [-0.4, -0.2) is 35.4 Å². The fourth-order valence-corrected chi connectivity index (χ4v) is 3.35. The highest BCUT2D eigenvalue weighted by Crippen LogP contribution is 2.38. The van der Waals surface area contributed by atoms with Gasteiger partial charge in [-0.3, -0.25) is 14.7 Å². The number of nitrogens with one attached hydrogen (secondary N) is 1. The molecule has 1 amide bonds. The molecule has 1 aromatic rings. The lowest BCUT2D eigenvalue weighted by Crippen LogP contribution is -2.32. The molecule has 3 rings (SSSR count). The summed E-state index contributed by atoms with van der Waals surface area (Å²) in [4.78, 5) is 18.6. The Bertz CT molecular complexity index is 448. The van der Waals surface area contributed by atoms with E-state index in [0.29, 0.717) is 5.91 Å². The molecule has 0 bridgehead atoms. The van der Waals surface area contributed by atoms with E-state index < -0.39 is 0 Å². The van der Waals surface area contributed by atoms with E-state index in [9.17, 15) is 4.79 Å². The Balaban J connectivity index is 1.63. The molecule has 0 aliphatic carbocycles. The molecule has 0 unspecified atom stereocenters. The number of amides is 1. The Morgan fingerprint density at radius 1 is 1.21 bits per heavy atom. The predicted molar refractivity (Wildman–Crippen MR) is 73.4 cm³/mol. The van der Waals surface area contributed by atoms with Crippen molar-refractivity contribution in [3.05, 3.63) is 30.1 Å². The van der Waals surface area contributed by atoms with Crippen LogP contribution in [0, 0.1) is 5.41 Å². The van der Waals surface area contributed by atoms with Crippen LogP contribution < -0.4 is 5.32 Å². The summed E-state index contributed by atoms with van der Waals surface area (Å²) in [7, 11) is 0. The first kappa shape index (κ1) is 12.6. The van der Waals surface area contributed by atoms with E-state index in [4.69, 9.17) is 0 Å². The van der Waals surface area contributed by atoms with Crippen LogP contribution in [0.4, 0.5) is 0 Å². The van der Waals surface area contributed by atoms with Crippen molar-refractivity contribution < 1.29 is 4.79 Å². The second-order valence-electron chi connectivity index (χ2n) is 5.77. The largest absolute Gasteiger partial charge is 0.356 e. The number of likely N-dealkylation sites (tertiary alicyclic amines) is 1. The zero-order chi connectivity index (χ0) is 13.1. The first-order chi connectivity index (χ1) is 9.28. The highest BCUT2D eigenvalue weighted by atomic mass is 16.2. The summed E-state index contributed by atoms with van der Waals surface area (Å²) in [6.07, 6.45) is 7.89. The van der Waals surface area contributed by atoms with E-state index in [2.05, 4.69) is 27.3 Å². The van der Waals surface area contributed by atoms with Gasteiger partial charge in [0.25, 0.3) is 0 Å². The summed E-state index contributed by atoms with van der Waals surface area (Å²) < 4.78 is 0. The molecule has 2 fully saturated rings. The topological polar surface area (TPSA) is 45.2 Å². The van der Waals surface area contributed by atoms with E-state index in [1.165, 1.54) is 5.56 Å². The number of rotatable bonds is 2. The van der Waals surface area contributed by atoms with Crippen LogP contribution in [0.3, 0.4) is 0 Å². The molecular weight excluding hydrogens is 238 g/mol. The van der Waals surface area contributed by atoms with Gasteiger partial charge in [-0.15, -0.1) is 0 Å². The molecule has 0 radical (unpaired) electrons. The second-order valence-corrected chi connectivity index (χ2v) is 5.77. The van der Waals surface area contributed by atoms with Gasteiger partial charge in [0, 0.05) is 25.5 Å².